The minimum Gasteiger partial charge on any atom is -0.350 e. The summed E-state index contributed by atoms with van der Waals surface area (Å²) in [5.41, 5.74) is 3.26. The van der Waals surface area contributed by atoms with E-state index in [1.54, 1.807) is 0 Å². The monoisotopic (exact) mass is 173 g/mol. The van der Waals surface area contributed by atoms with Crippen molar-refractivity contribution in [2.75, 3.05) is 7.05 Å². The van der Waals surface area contributed by atoms with Gasteiger partial charge in [-0.15, -0.1) is 0 Å². The van der Waals surface area contributed by atoms with E-state index in [1.165, 1.54) is 0 Å². The van der Waals surface area contributed by atoms with Crippen LogP contribution in [-0.2, 0) is 0 Å². The van der Waals surface area contributed by atoms with Crippen LogP contribution in [0.4, 0.5) is 0 Å². The first-order valence-corrected chi connectivity index (χ1v) is 4.05. The van der Waals surface area contributed by atoms with Crippen LogP contribution in [0.1, 0.15) is 20.3 Å². The summed E-state index contributed by atoms with van der Waals surface area (Å²) in [7, 11) is 1.87. The van der Waals surface area contributed by atoms with Gasteiger partial charge < -0.3 is 4.90 Å². The van der Waals surface area contributed by atoms with Gasteiger partial charge in [-0.1, -0.05) is 0 Å². The van der Waals surface area contributed by atoms with Gasteiger partial charge in [0.05, 0.1) is 23.3 Å². The zero-order valence-electron chi connectivity index (χ0n) is 8.05. The van der Waals surface area contributed by atoms with Gasteiger partial charge in [-0.3, -0.25) is 0 Å². The number of rotatable bonds is 0. The summed E-state index contributed by atoms with van der Waals surface area (Å²) in [5, 5.41) is 17.6. The highest BCUT2D eigenvalue weighted by Gasteiger charge is 2.19. The molecule has 0 amide bonds. The van der Waals surface area contributed by atoms with Crippen molar-refractivity contribution in [2.45, 2.75) is 20.3 Å². The average Bonchev–Trinajstić information content (AvgIpc) is 2.15. The number of nitriles is 2. The van der Waals surface area contributed by atoms with Crippen molar-refractivity contribution in [2.24, 2.45) is 0 Å². The molecule has 0 aliphatic carbocycles. The van der Waals surface area contributed by atoms with Crippen molar-refractivity contribution in [3.63, 3.8) is 0 Å². The van der Waals surface area contributed by atoms with Gasteiger partial charge in [0.25, 0.3) is 0 Å². The largest absolute Gasteiger partial charge is 0.350 e. The molecule has 13 heavy (non-hydrogen) atoms. The van der Waals surface area contributed by atoms with E-state index in [2.05, 4.69) is 12.1 Å². The Morgan fingerprint density at radius 2 is 1.46 bits per heavy atom. The summed E-state index contributed by atoms with van der Waals surface area (Å²) >= 11 is 0. The minimum atomic E-state index is 0.481. The molecule has 3 nitrogen and oxygen atoms in total. The van der Waals surface area contributed by atoms with E-state index in [0.717, 1.165) is 11.4 Å². The Bertz CT molecular complexity index is 338. The lowest BCUT2D eigenvalue weighted by atomic mass is 9.99. The fourth-order valence-electron chi connectivity index (χ4n) is 1.33. The van der Waals surface area contributed by atoms with Gasteiger partial charge in [0.1, 0.15) is 0 Å². The maximum atomic E-state index is 8.81. The van der Waals surface area contributed by atoms with Gasteiger partial charge in [-0.25, -0.2) is 0 Å². The summed E-state index contributed by atoms with van der Waals surface area (Å²) < 4.78 is 0. The Morgan fingerprint density at radius 1 is 1.08 bits per heavy atom. The lowest BCUT2D eigenvalue weighted by molar-refractivity contribution is 0.498. The topological polar surface area (TPSA) is 50.8 Å². The predicted molar refractivity (Wildman–Crippen MR) is 49.0 cm³/mol. The molecule has 0 fully saturated rings. The Labute approximate surface area is 78.2 Å². The second kappa shape index (κ2) is 3.33. The van der Waals surface area contributed by atoms with Crippen LogP contribution in [0.25, 0.3) is 0 Å². The molecule has 1 aliphatic heterocycles. The highest BCUT2D eigenvalue weighted by atomic mass is 15.1. The molecule has 0 saturated heterocycles. The van der Waals surface area contributed by atoms with Crippen LogP contribution in [0.3, 0.4) is 0 Å². The molecule has 66 valence electrons. The predicted octanol–water partition coefficient (Wildman–Crippen LogP) is 1.92. The van der Waals surface area contributed by atoms with Gasteiger partial charge >= 0.3 is 0 Å². The van der Waals surface area contributed by atoms with Crippen LogP contribution in [0.5, 0.6) is 0 Å². The average molecular weight is 173 g/mol. The second-order valence-corrected chi connectivity index (χ2v) is 3.09. The highest BCUT2D eigenvalue weighted by molar-refractivity contribution is 5.43. The van der Waals surface area contributed by atoms with Crippen LogP contribution in [0, 0.1) is 22.7 Å². The third-order valence-corrected chi connectivity index (χ3v) is 2.50. The molecule has 1 heterocycles. The van der Waals surface area contributed by atoms with E-state index in [9.17, 15) is 0 Å². The van der Waals surface area contributed by atoms with Crippen LogP contribution in [0.15, 0.2) is 22.5 Å². The van der Waals surface area contributed by atoms with Crippen molar-refractivity contribution in [1.82, 2.24) is 4.90 Å². The molecule has 0 aromatic rings. The third kappa shape index (κ3) is 1.41. The quantitative estimate of drug-likeness (QED) is 0.562. The maximum Gasteiger partial charge on any atom is 0.0969 e. The van der Waals surface area contributed by atoms with E-state index in [-0.39, 0.29) is 0 Å². The molecule has 1 aliphatic rings. The number of allylic oxidation sites excluding steroid dienone is 4. The molecule has 0 spiro atoms. The van der Waals surface area contributed by atoms with Crippen LogP contribution in [0.2, 0.25) is 0 Å². The zero-order chi connectivity index (χ0) is 10.0. The fraction of sp³-hybridized carbons (Fsp3) is 0.400. The summed E-state index contributed by atoms with van der Waals surface area (Å²) in [6, 6.07) is 4.24. The van der Waals surface area contributed by atoms with Crippen molar-refractivity contribution in [1.29, 1.82) is 10.5 Å². The molecule has 0 saturated carbocycles. The number of nitrogens with zero attached hydrogens (tertiary/aromatic N) is 3. The van der Waals surface area contributed by atoms with Crippen LogP contribution >= 0.6 is 0 Å². The fourth-order valence-corrected chi connectivity index (χ4v) is 1.33. The van der Waals surface area contributed by atoms with Gasteiger partial charge in [-0.05, 0) is 13.8 Å². The Balaban J connectivity index is 3.15. The zero-order valence-corrected chi connectivity index (χ0v) is 8.05. The first-order valence-electron chi connectivity index (χ1n) is 4.05. The Morgan fingerprint density at radius 3 is 1.77 bits per heavy atom. The minimum absolute atomic E-state index is 0.481. The Kier molecular flexibility index (Phi) is 2.39. The van der Waals surface area contributed by atoms with E-state index in [4.69, 9.17) is 10.5 Å². The molecule has 0 unspecified atom stereocenters. The standard InChI is InChI=1S/C10H11N3/c1-7-9(5-11)4-10(6-12)8(2)13(7)3/h4H2,1-3H3. The van der Waals surface area contributed by atoms with Gasteiger partial charge in [0, 0.05) is 24.9 Å². The summed E-state index contributed by atoms with van der Waals surface area (Å²) in [6.45, 7) is 3.80. The molecule has 0 aromatic carbocycles. The van der Waals surface area contributed by atoms with Gasteiger partial charge in [0.2, 0.25) is 0 Å². The van der Waals surface area contributed by atoms with Gasteiger partial charge in [0.15, 0.2) is 0 Å². The normalized spacial score (nSPS) is 17.2. The molecule has 1 rings (SSSR count). The van der Waals surface area contributed by atoms with Crippen LogP contribution in [-0.4, -0.2) is 11.9 Å². The summed E-state index contributed by atoms with van der Waals surface area (Å²) in [5.74, 6) is 0. The molecular formula is C10H11N3. The van der Waals surface area contributed by atoms with E-state index >= 15 is 0 Å². The van der Waals surface area contributed by atoms with E-state index in [0.29, 0.717) is 17.6 Å². The van der Waals surface area contributed by atoms with Crippen molar-refractivity contribution in [3.05, 3.63) is 22.5 Å². The van der Waals surface area contributed by atoms with Crippen molar-refractivity contribution >= 4 is 0 Å². The molecule has 0 bridgehead atoms. The first kappa shape index (κ1) is 9.35. The highest BCUT2D eigenvalue weighted by Crippen LogP contribution is 2.27. The van der Waals surface area contributed by atoms with Gasteiger partial charge in [-0.2, -0.15) is 10.5 Å². The van der Waals surface area contributed by atoms with Crippen molar-refractivity contribution in [3.8, 4) is 12.1 Å². The molecule has 0 atom stereocenters. The SMILES string of the molecule is CC1=C(C#N)CC(C#N)=C(C)N1C. The number of hydrogen-bond acceptors (Lipinski definition) is 3. The Hall–Kier alpha value is -1.74. The molecule has 0 radical (unpaired) electrons. The smallest absolute Gasteiger partial charge is 0.0969 e. The molecule has 0 aromatic heterocycles. The number of hydrogen-bond donors (Lipinski definition) is 0. The molecule has 3 heteroatoms. The molecule has 0 N–H and O–H groups in total. The van der Waals surface area contributed by atoms with Crippen LogP contribution < -0.4 is 0 Å². The maximum absolute atomic E-state index is 8.81. The summed E-state index contributed by atoms with van der Waals surface area (Å²) in [6.07, 6.45) is 0.481. The second-order valence-electron chi connectivity index (χ2n) is 3.09. The third-order valence-electron chi connectivity index (χ3n) is 2.50. The first-order chi connectivity index (χ1) is 6.11. The molecular weight excluding hydrogens is 162 g/mol. The van der Waals surface area contributed by atoms with E-state index < -0.39 is 0 Å². The van der Waals surface area contributed by atoms with E-state index in [1.807, 2.05) is 25.8 Å². The lowest BCUT2D eigenvalue weighted by Gasteiger charge is -2.27. The summed E-state index contributed by atoms with van der Waals surface area (Å²) in [4.78, 5) is 1.89. The lowest BCUT2D eigenvalue weighted by Crippen LogP contribution is -2.20. The van der Waals surface area contributed by atoms with Crippen molar-refractivity contribution < 1.29 is 0 Å².